The van der Waals surface area contributed by atoms with Crippen molar-refractivity contribution in [3.8, 4) is 0 Å². The van der Waals surface area contributed by atoms with Crippen molar-refractivity contribution in [3.05, 3.63) is 35.9 Å². The molecule has 1 aromatic carbocycles. The summed E-state index contributed by atoms with van der Waals surface area (Å²) in [6.07, 6.45) is 8.92. The highest BCUT2D eigenvalue weighted by molar-refractivity contribution is 6.05. The molecule has 0 aromatic heterocycles. The normalized spacial score (nSPS) is 21.9. The first-order chi connectivity index (χ1) is 18.2. The molecule has 1 aliphatic heterocycles. The zero-order valence-corrected chi connectivity index (χ0v) is 22.4. The van der Waals surface area contributed by atoms with Crippen LogP contribution in [0.15, 0.2) is 30.3 Å². The van der Waals surface area contributed by atoms with Gasteiger partial charge < -0.3 is 27.0 Å². The van der Waals surface area contributed by atoms with Gasteiger partial charge in [0.1, 0.15) is 11.5 Å². The van der Waals surface area contributed by atoms with Gasteiger partial charge in [-0.1, -0.05) is 62.4 Å². The maximum Gasteiger partial charge on any atom is 0.242 e. The van der Waals surface area contributed by atoms with Crippen LogP contribution < -0.4 is 22.1 Å². The molecule has 0 spiro atoms. The van der Waals surface area contributed by atoms with Crippen molar-refractivity contribution in [1.29, 1.82) is 0 Å². The Bertz CT molecular complexity index is 993. The van der Waals surface area contributed by atoms with Crippen molar-refractivity contribution in [1.82, 2.24) is 15.5 Å². The van der Waals surface area contributed by atoms with E-state index in [1.807, 2.05) is 35.2 Å². The highest BCUT2D eigenvalue weighted by Crippen LogP contribution is 2.38. The molecule has 0 unspecified atom stereocenters. The molecule has 38 heavy (non-hydrogen) atoms. The van der Waals surface area contributed by atoms with Crippen LogP contribution in [0.1, 0.15) is 76.2 Å². The van der Waals surface area contributed by atoms with E-state index in [-0.39, 0.29) is 17.7 Å². The molecule has 0 bridgehead atoms. The van der Waals surface area contributed by atoms with Crippen LogP contribution in [-0.2, 0) is 25.6 Å². The Morgan fingerprint density at radius 2 is 1.53 bits per heavy atom. The van der Waals surface area contributed by atoms with Gasteiger partial charge >= 0.3 is 0 Å². The fourth-order valence-corrected chi connectivity index (χ4v) is 6.34. The van der Waals surface area contributed by atoms with Crippen LogP contribution in [0.3, 0.4) is 0 Å². The summed E-state index contributed by atoms with van der Waals surface area (Å²) in [6, 6.07) is 8.69. The summed E-state index contributed by atoms with van der Waals surface area (Å²) in [7, 11) is 0. The number of piperidine rings is 1. The number of amides is 4. The van der Waals surface area contributed by atoms with Gasteiger partial charge in [-0.3, -0.25) is 19.2 Å². The average molecular weight is 526 g/mol. The molecule has 208 valence electrons. The first-order valence-corrected chi connectivity index (χ1v) is 14.2. The smallest absolute Gasteiger partial charge is 0.242 e. The van der Waals surface area contributed by atoms with Crippen LogP contribution in [0.25, 0.3) is 0 Å². The second-order valence-electron chi connectivity index (χ2n) is 11.6. The summed E-state index contributed by atoms with van der Waals surface area (Å²) in [4.78, 5) is 53.7. The monoisotopic (exact) mass is 525 g/mol. The molecule has 4 rings (SSSR count). The molecular weight excluding hydrogens is 482 g/mol. The number of nitrogens with one attached hydrogen (secondary N) is 2. The van der Waals surface area contributed by atoms with Gasteiger partial charge in [0.15, 0.2) is 0 Å². The maximum atomic E-state index is 13.3. The SMILES string of the molecule is NC(=O)C1(C(=O)N[C@H](Cc2ccccc2)C(=O)NCC2CCN(C(=O)C3(N)CCCCC3)CC2)CCCC1. The standard InChI is InChI=1S/C29H43N5O4/c30-25(36)28(13-7-8-14-28)26(37)33-23(19-21-9-3-1-4-10-21)24(35)32-20-22-11-17-34(18-12-22)27(38)29(31)15-5-2-6-16-29/h1,3-4,9-10,22-23H,2,5-8,11-20,31H2,(H2,30,36)(H,32,35)(H,33,37)/t23-/m1/s1. The molecule has 1 saturated heterocycles. The molecule has 3 fully saturated rings. The van der Waals surface area contributed by atoms with Gasteiger partial charge in [0.2, 0.25) is 23.6 Å². The largest absolute Gasteiger partial charge is 0.369 e. The van der Waals surface area contributed by atoms with E-state index in [1.54, 1.807) is 0 Å². The molecule has 2 aliphatic carbocycles. The number of likely N-dealkylation sites (tertiary alicyclic amines) is 1. The number of rotatable bonds is 9. The second kappa shape index (κ2) is 12.3. The first-order valence-electron chi connectivity index (χ1n) is 14.2. The van der Waals surface area contributed by atoms with E-state index >= 15 is 0 Å². The summed E-state index contributed by atoms with van der Waals surface area (Å²) >= 11 is 0. The van der Waals surface area contributed by atoms with Crippen LogP contribution in [0.5, 0.6) is 0 Å². The van der Waals surface area contributed by atoms with Gasteiger partial charge in [-0.25, -0.2) is 0 Å². The predicted octanol–water partition coefficient (Wildman–Crippen LogP) is 1.78. The number of nitrogens with two attached hydrogens (primary N) is 2. The molecule has 9 heteroatoms. The number of hydrogen-bond donors (Lipinski definition) is 4. The van der Waals surface area contributed by atoms with Crippen LogP contribution in [0, 0.1) is 11.3 Å². The summed E-state index contributed by atoms with van der Waals surface area (Å²) in [5, 5.41) is 5.89. The van der Waals surface area contributed by atoms with Crippen molar-refractivity contribution in [2.45, 2.75) is 88.6 Å². The Hall–Kier alpha value is -2.94. The number of carbonyl (C=O) groups is 4. The van der Waals surface area contributed by atoms with Gasteiger partial charge in [0, 0.05) is 26.1 Å². The highest BCUT2D eigenvalue weighted by atomic mass is 16.2. The van der Waals surface area contributed by atoms with Crippen LogP contribution >= 0.6 is 0 Å². The lowest BCUT2D eigenvalue weighted by Gasteiger charge is -2.40. The minimum atomic E-state index is -1.24. The second-order valence-corrected chi connectivity index (χ2v) is 11.6. The molecule has 3 aliphatic rings. The molecular formula is C29H43N5O4. The molecule has 0 radical (unpaired) electrons. The third-order valence-electron chi connectivity index (χ3n) is 8.91. The van der Waals surface area contributed by atoms with Crippen LogP contribution in [0.2, 0.25) is 0 Å². The minimum Gasteiger partial charge on any atom is -0.369 e. The topological polar surface area (TPSA) is 148 Å². The molecule has 1 aromatic rings. The number of carbonyl (C=O) groups excluding carboxylic acids is 4. The van der Waals surface area contributed by atoms with Crippen molar-refractivity contribution in [3.63, 3.8) is 0 Å². The Kier molecular flexibility index (Phi) is 9.07. The maximum absolute atomic E-state index is 13.3. The van der Waals surface area contributed by atoms with Crippen molar-refractivity contribution in [2.24, 2.45) is 22.8 Å². The average Bonchev–Trinajstić information content (AvgIpc) is 3.44. The molecule has 1 heterocycles. The Labute approximate surface area is 225 Å². The van der Waals surface area contributed by atoms with Crippen molar-refractivity contribution >= 4 is 23.6 Å². The minimum absolute atomic E-state index is 0.0700. The molecule has 2 saturated carbocycles. The Morgan fingerprint density at radius 1 is 0.921 bits per heavy atom. The van der Waals surface area contributed by atoms with Crippen LogP contribution in [-0.4, -0.2) is 59.7 Å². The lowest BCUT2D eigenvalue weighted by molar-refractivity contribution is -0.143. The van der Waals surface area contributed by atoms with E-state index in [1.165, 1.54) is 0 Å². The van der Waals surface area contributed by atoms with E-state index < -0.39 is 28.8 Å². The van der Waals surface area contributed by atoms with Gasteiger partial charge in [-0.15, -0.1) is 0 Å². The van der Waals surface area contributed by atoms with Gasteiger partial charge in [0.05, 0.1) is 5.54 Å². The lowest BCUT2D eigenvalue weighted by Crippen LogP contribution is -2.58. The molecule has 6 N–H and O–H groups in total. The number of primary amides is 1. The van der Waals surface area contributed by atoms with E-state index in [0.717, 1.165) is 63.4 Å². The highest BCUT2D eigenvalue weighted by Gasteiger charge is 2.47. The van der Waals surface area contributed by atoms with Gasteiger partial charge in [-0.2, -0.15) is 0 Å². The third-order valence-corrected chi connectivity index (χ3v) is 8.91. The molecule has 9 nitrogen and oxygen atoms in total. The van der Waals surface area contributed by atoms with Crippen molar-refractivity contribution in [2.75, 3.05) is 19.6 Å². The Morgan fingerprint density at radius 3 is 2.13 bits per heavy atom. The van der Waals surface area contributed by atoms with Crippen LogP contribution in [0.4, 0.5) is 0 Å². The summed E-state index contributed by atoms with van der Waals surface area (Å²) < 4.78 is 0. The van der Waals surface area contributed by atoms with E-state index in [0.29, 0.717) is 38.9 Å². The van der Waals surface area contributed by atoms with Crippen molar-refractivity contribution < 1.29 is 19.2 Å². The van der Waals surface area contributed by atoms with Gasteiger partial charge in [-0.05, 0) is 50.0 Å². The molecule has 1 atom stereocenters. The van der Waals surface area contributed by atoms with Gasteiger partial charge in [0.25, 0.3) is 0 Å². The fraction of sp³-hybridized carbons (Fsp3) is 0.655. The quantitative estimate of drug-likeness (QED) is 0.363. The predicted molar refractivity (Wildman–Crippen MR) is 144 cm³/mol. The van der Waals surface area contributed by atoms with E-state index in [9.17, 15) is 19.2 Å². The fourth-order valence-electron chi connectivity index (χ4n) is 6.34. The summed E-state index contributed by atoms with van der Waals surface area (Å²) in [6.45, 7) is 1.75. The zero-order valence-electron chi connectivity index (χ0n) is 22.4. The first kappa shape index (κ1) is 28.1. The summed E-state index contributed by atoms with van der Waals surface area (Å²) in [5.41, 5.74) is 11.1. The third kappa shape index (κ3) is 6.37. The number of hydrogen-bond acceptors (Lipinski definition) is 5. The number of benzene rings is 1. The molecule has 4 amide bonds. The zero-order chi connectivity index (χ0) is 27.2. The summed E-state index contributed by atoms with van der Waals surface area (Å²) in [5.74, 6) is -1.05. The number of nitrogens with zero attached hydrogens (tertiary/aromatic N) is 1. The lowest BCUT2D eigenvalue weighted by atomic mass is 9.81. The van der Waals surface area contributed by atoms with E-state index in [2.05, 4.69) is 10.6 Å². The van der Waals surface area contributed by atoms with E-state index in [4.69, 9.17) is 11.5 Å². The Balaban J connectivity index is 1.33.